The van der Waals surface area contributed by atoms with Crippen molar-refractivity contribution in [1.29, 1.82) is 0 Å². The number of nitrogens with zero attached hydrogens (tertiary/aromatic N) is 9. The number of carbonyl (C=O) groups is 1. The summed E-state index contributed by atoms with van der Waals surface area (Å²) < 4.78 is 112. The van der Waals surface area contributed by atoms with Gasteiger partial charge in [-0.1, -0.05) is 41.1 Å². The van der Waals surface area contributed by atoms with E-state index < -0.39 is 29.6 Å². The Kier molecular flexibility index (Phi) is 22.6. The van der Waals surface area contributed by atoms with E-state index in [1.165, 1.54) is 64.5 Å². The fourth-order valence-corrected chi connectivity index (χ4v) is 19.8. The van der Waals surface area contributed by atoms with Crippen LogP contribution in [0.4, 0.5) is 36.5 Å². The van der Waals surface area contributed by atoms with Crippen LogP contribution in [0.1, 0.15) is 141 Å². The highest BCUT2D eigenvalue weighted by molar-refractivity contribution is 7.97. The zero-order valence-electron chi connectivity index (χ0n) is 61.1. The van der Waals surface area contributed by atoms with Crippen LogP contribution in [0.15, 0.2) is 131 Å². The van der Waals surface area contributed by atoms with Gasteiger partial charge in [-0.3, -0.25) is 9.00 Å². The number of hydrogen-bond acceptors (Lipinski definition) is 15. The second kappa shape index (κ2) is 31.8. The molecule has 5 aliphatic heterocycles. The van der Waals surface area contributed by atoms with E-state index in [1.54, 1.807) is 35.7 Å². The molecule has 4 unspecified atom stereocenters. The van der Waals surface area contributed by atoms with Crippen molar-refractivity contribution in [3.8, 4) is 0 Å². The van der Waals surface area contributed by atoms with E-state index in [9.17, 15) is 39.0 Å². The predicted molar refractivity (Wildman–Crippen MR) is 415 cm³/mol. The number of halogens is 3. The zero-order chi connectivity index (χ0) is 74.8. The third-order valence-corrected chi connectivity index (χ3v) is 26.4. The molecular formula is C78H95F3N14O8S3. The molecule has 6 aliphatic rings. The maximum absolute atomic E-state index is 13.3. The van der Waals surface area contributed by atoms with Gasteiger partial charge in [0.2, 0.25) is 21.8 Å². The number of aromatic nitrogens is 8. The van der Waals surface area contributed by atoms with Crippen LogP contribution in [0.2, 0.25) is 0 Å². The van der Waals surface area contributed by atoms with E-state index >= 15 is 0 Å². The minimum Gasteiger partial charge on any atom is -0.367 e. The summed E-state index contributed by atoms with van der Waals surface area (Å²) in [5, 5.41) is 15.1. The van der Waals surface area contributed by atoms with Crippen molar-refractivity contribution in [1.82, 2.24) is 48.8 Å². The lowest BCUT2D eigenvalue weighted by atomic mass is 9.77. The Hall–Kier alpha value is -8.96. The van der Waals surface area contributed by atoms with Gasteiger partial charge in [0, 0.05) is 168 Å². The van der Waals surface area contributed by atoms with Gasteiger partial charge in [0.15, 0.2) is 5.82 Å². The van der Waals surface area contributed by atoms with Gasteiger partial charge in [-0.25, -0.2) is 38.6 Å². The van der Waals surface area contributed by atoms with Gasteiger partial charge >= 0.3 is 6.01 Å². The molecule has 11 aromatic rings. The first kappa shape index (κ1) is 75.3. The number of H-pyrrole nitrogens is 4. The molecule has 1 saturated carbocycles. The number of anilines is 4. The average molecular weight is 1510 g/mol. The summed E-state index contributed by atoms with van der Waals surface area (Å²) in [4.78, 5) is 40.3. The van der Waals surface area contributed by atoms with Gasteiger partial charge in [-0.2, -0.15) is 9.97 Å². The van der Waals surface area contributed by atoms with E-state index in [1.807, 2.05) is 67.1 Å². The molecule has 1 amide bonds. The smallest absolute Gasteiger partial charge is 0.324 e. The summed E-state index contributed by atoms with van der Waals surface area (Å²) in [6.07, 6.45) is 22.0. The number of nitrogens with one attached hydrogen (secondary N) is 5. The number of sulfonamides is 1. The predicted octanol–water partition coefficient (Wildman–Crippen LogP) is 14.2. The maximum Gasteiger partial charge on any atom is 0.324 e. The molecule has 564 valence electrons. The molecule has 17 rings (SSSR count). The highest BCUT2D eigenvalue weighted by atomic mass is 32.2. The molecule has 0 radical (unpaired) electrons. The fraction of sp³-hybridized carbons (Fsp3) is 0.436. The minimum absolute atomic E-state index is 0.0680. The normalized spacial score (nSPS) is 21.4. The van der Waals surface area contributed by atoms with E-state index in [0.717, 1.165) is 159 Å². The van der Waals surface area contributed by atoms with Crippen molar-refractivity contribution in [2.75, 3.05) is 97.7 Å². The van der Waals surface area contributed by atoms with Crippen molar-refractivity contribution in [3.63, 3.8) is 0 Å². The van der Waals surface area contributed by atoms with Crippen LogP contribution in [0.3, 0.4) is 0 Å². The standard InChI is InChI=1S/2C16H17FN4O.C16H21NO3S.C15H19FN2O2S.C15H21N3OS/c1-10-19-16(20-22-10)21-6-4-11(5-7-21)14-9-18-15-8-12(17)2-3-13(14)15;1-10-19-16(22-20-10)21-6-4-11(5-7-21)14-9-18-15-8-12(17)2-3-13(14)15;1-10-3-8-14-13(9-10)15(16(18)17-14)11-4-6-12(7-5-11)21(2,19)20;1-21(19,20)18-7-2-3-11(6-8-18)14-10-17-15-9-12(16)4-5-13(14)15;1-12-11-17(8-9-18(12)20(2,3)19)15-10-16-14-7-5-4-6-13(14)15/h2*2-3,8-9,11,18H,4-7H2,1H3;3,8-9,11-12,15H,4-7H2,1-2H3,(H,17,18);4-5,9-11,17H,2-3,6-8H2,1H3;4-7,10,12,16H,2,8-9,11H2,1,3H3. The van der Waals surface area contributed by atoms with Crippen molar-refractivity contribution < 1.29 is 48.1 Å². The van der Waals surface area contributed by atoms with Crippen LogP contribution in [-0.2, 0) is 34.4 Å². The summed E-state index contributed by atoms with van der Waals surface area (Å²) in [5.74, 6) is 6.56. The van der Waals surface area contributed by atoms with E-state index in [2.05, 4.69) is 103 Å². The number of rotatable bonds is 10. The molecule has 1 aliphatic carbocycles. The molecule has 0 bridgehead atoms. The largest absolute Gasteiger partial charge is 0.367 e. The molecule has 11 heterocycles. The number of carbonyl (C=O) groups excluding carboxylic acids is 1. The number of sulfone groups is 1. The molecule has 22 nitrogen and oxygen atoms in total. The monoisotopic (exact) mass is 1510 g/mol. The summed E-state index contributed by atoms with van der Waals surface area (Å²) in [6, 6.07) is 29.9. The topological polar surface area (TPSA) is 272 Å². The van der Waals surface area contributed by atoms with Crippen LogP contribution >= 0.6 is 0 Å². The number of aryl methyl sites for hydroxylation is 3. The molecule has 4 atom stereocenters. The second-order valence-electron chi connectivity index (χ2n) is 29.4. The van der Waals surface area contributed by atoms with Gasteiger partial charge in [0.05, 0.1) is 23.1 Å². The van der Waals surface area contributed by atoms with E-state index in [0.29, 0.717) is 67.4 Å². The first-order chi connectivity index (χ1) is 50.7. The number of hydrogen-bond donors (Lipinski definition) is 5. The number of piperazine rings is 1. The summed E-state index contributed by atoms with van der Waals surface area (Å²) >= 11 is 0. The highest BCUT2D eigenvalue weighted by Gasteiger charge is 2.40. The number of para-hydroxylation sites is 1. The quantitative estimate of drug-likeness (QED) is 0.0797. The number of aromatic amines is 4. The average Bonchev–Trinajstić information content (AvgIpc) is 1.66. The molecule has 5 N–H and O–H groups in total. The molecule has 0 spiro atoms. The summed E-state index contributed by atoms with van der Waals surface area (Å²) in [5.41, 5.74) is 11.8. The van der Waals surface area contributed by atoms with Gasteiger partial charge in [-0.05, 0) is 215 Å². The zero-order valence-corrected chi connectivity index (χ0v) is 63.5. The second-order valence-corrected chi connectivity index (χ2v) is 36.1. The molecule has 5 fully saturated rings. The molecule has 4 saturated heterocycles. The Morgan fingerprint density at radius 3 is 1.59 bits per heavy atom. The Morgan fingerprint density at radius 1 is 0.528 bits per heavy atom. The van der Waals surface area contributed by atoms with E-state index in [4.69, 9.17) is 9.05 Å². The lowest BCUT2D eigenvalue weighted by Crippen LogP contribution is -2.53. The van der Waals surface area contributed by atoms with Gasteiger partial charge in [-0.15, -0.1) is 0 Å². The Balaban J connectivity index is 0.000000117. The molecular weight excluding hydrogens is 1410 g/mol. The summed E-state index contributed by atoms with van der Waals surface area (Å²) in [7, 11) is -8.18. The molecule has 106 heavy (non-hydrogen) atoms. The van der Waals surface area contributed by atoms with Gasteiger partial charge in [0.1, 0.15) is 27.3 Å². The number of benzene rings is 5. The first-order valence-corrected chi connectivity index (χ1v) is 42.4. The van der Waals surface area contributed by atoms with Crippen molar-refractivity contribution in [2.45, 2.75) is 133 Å². The Labute approximate surface area is 617 Å². The SMILES string of the molecule is C=S(C)(=O)N1CCN(c2c[nH]c3ccccc23)CC1C.CS(=O)(=O)N1CCCC(c2c[nH]c3cc(F)ccc23)CC1.Cc1ccc2c(c1)C(C1CCC(S(C)(=O)=O)CC1)C(=O)N2.Cc1nc(N2CCC(c3c[nH]c4cc(F)ccc34)CC2)no1.Cc1noc(N2CCC(c3c[nH]c4cc(F)ccc34)CC2)n1. The highest BCUT2D eigenvalue weighted by Crippen LogP contribution is 2.45. The number of amides is 1. The van der Waals surface area contributed by atoms with Crippen LogP contribution in [-0.4, -0.2) is 171 Å². The van der Waals surface area contributed by atoms with Crippen LogP contribution in [0.25, 0.3) is 43.6 Å². The lowest BCUT2D eigenvalue weighted by Gasteiger charge is -2.41. The van der Waals surface area contributed by atoms with Gasteiger partial charge < -0.3 is 49.0 Å². The minimum atomic E-state index is -3.11. The Morgan fingerprint density at radius 2 is 1.08 bits per heavy atom. The number of piperidine rings is 2. The molecule has 28 heteroatoms. The number of fused-ring (bicyclic) bond motifs is 5. The van der Waals surface area contributed by atoms with Crippen molar-refractivity contribution in [2.24, 2.45) is 5.92 Å². The van der Waals surface area contributed by atoms with Crippen LogP contribution in [0, 0.1) is 44.1 Å². The maximum atomic E-state index is 13.3. The van der Waals surface area contributed by atoms with Crippen LogP contribution < -0.4 is 20.0 Å². The molecule has 6 aromatic heterocycles. The third kappa shape index (κ3) is 17.4. The first-order valence-electron chi connectivity index (χ1n) is 36.5. The molecule has 5 aromatic carbocycles. The van der Waals surface area contributed by atoms with Gasteiger partial charge in [0.25, 0.3) is 5.95 Å². The third-order valence-electron chi connectivity index (χ3n) is 21.9. The van der Waals surface area contributed by atoms with Crippen molar-refractivity contribution in [3.05, 3.63) is 179 Å². The Bertz CT molecular complexity index is 5120. The van der Waals surface area contributed by atoms with E-state index in [-0.39, 0.29) is 46.5 Å². The fourth-order valence-electron chi connectivity index (χ4n) is 16.5. The lowest BCUT2D eigenvalue weighted by molar-refractivity contribution is -0.118. The van der Waals surface area contributed by atoms with Crippen molar-refractivity contribution >= 4 is 108 Å². The summed E-state index contributed by atoms with van der Waals surface area (Å²) in [6.45, 7) is 15.0. The van der Waals surface area contributed by atoms with Crippen LogP contribution in [0.5, 0.6) is 0 Å².